The summed E-state index contributed by atoms with van der Waals surface area (Å²) in [6.45, 7) is 9.76. The molecule has 4 heteroatoms. The summed E-state index contributed by atoms with van der Waals surface area (Å²) in [6.07, 6.45) is 7.28. The number of likely N-dealkylation sites (N-methyl/N-ethyl adjacent to an activating group) is 1. The van der Waals surface area contributed by atoms with E-state index in [-0.39, 0.29) is 5.91 Å². The fraction of sp³-hybridized carbons (Fsp3) is 0.233. The molecule has 0 N–H and O–H groups in total. The van der Waals surface area contributed by atoms with Crippen molar-refractivity contribution in [3.8, 4) is 11.1 Å². The summed E-state index contributed by atoms with van der Waals surface area (Å²) < 4.78 is 0. The first-order valence-corrected chi connectivity index (χ1v) is 11.9. The summed E-state index contributed by atoms with van der Waals surface area (Å²) in [5, 5.41) is 1.14. The average Bonchev–Trinajstić information content (AvgIpc) is 2.88. The van der Waals surface area contributed by atoms with Crippen LogP contribution in [0.4, 0.5) is 0 Å². The standard InChI is InChI=1S/C30H31N3O/c1-5-33(6-2)30(34)28(23-12-15-31-16-13-23)18-22-9-7-10-24(17-22)27-20-26(21(3)4)19-25-11-8-14-32-29(25)27/h7-21H,5-6H2,1-4H3/b28-18-. The topological polar surface area (TPSA) is 46.1 Å². The number of hydrogen-bond acceptors (Lipinski definition) is 3. The minimum Gasteiger partial charge on any atom is -0.339 e. The Labute approximate surface area is 202 Å². The Balaban J connectivity index is 1.85. The van der Waals surface area contributed by atoms with Gasteiger partial charge in [-0.2, -0.15) is 0 Å². The van der Waals surface area contributed by atoms with E-state index in [1.54, 1.807) is 12.4 Å². The van der Waals surface area contributed by atoms with Crippen molar-refractivity contribution in [3.05, 3.63) is 95.9 Å². The lowest BCUT2D eigenvalue weighted by molar-refractivity contribution is -0.124. The number of carbonyl (C=O) groups excluding carboxylic acids is 1. The summed E-state index contributed by atoms with van der Waals surface area (Å²) in [6, 6.07) is 20.7. The van der Waals surface area contributed by atoms with E-state index in [4.69, 9.17) is 0 Å². The molecule has 4 rings (SSSR count). The second kappa shape index (κ2) is 10.4. The van der Waals surface area contributed by atoms with Crippen LogP contribution in [0, 0.1) is 0 Å². The minimum atomic E-state index is 0.0236. The van der Waals surface area contributed by atoms with Crippen LogP contribution in [0.1, 0.15) is 50.3 Å². The van der Waals surface area contributed by atoms with Gasteiger partial charge < -0.3 is 4.90 Å². The zero-order chi connectivity index (χ0) is 24.1. The Morgan fingerprint density at radius 3 is 2.41 bits per heavy atom. The molecule has 1 amide bonds. The van der Waals surface area contributed by atoms with Crippen molar-refractivity contribution in [1.29, 1.82) is 0 Å². The van der Waals surface area contributed by atoms with E-state index in [0.29, 0.717) is 24.6 Å². The third-order valence-corrected chi connectivity index (χ3v) is 6.17. The second-order valence-corrected chi connectivity index (χ2v) is 8.70. The molecule has 4 aromatic rings. The van der Waals surface area contributed by atoms with Crippen LogP contribution >= 0.6 is 0 Å². The van der Waals surface area contributed by atoms with Gasteiger partial charge in [0.25, 0.3) is 5.91 Å². The smallest absolute Gasteiger partial charge is 0.254 e. The van der Waals surface area contributed by atoms with Crippen LogP contribution in [-0.2, 0) is 4.79 Å². The number of benzene rings is 2. The number of rotatable bonds is 7. The van der Waals surface area contributed by atoms with Crippen molar-refractivity contribution < 1.29 is 4.79 Å². The van der Waals surface area contributed by atoms with Gasteiger partial charge >= 0.3 is 0 Å². The molecule has 0 saturated carbocycles. The molecule has 2 aromatic heterocycles. The van der Waals surface area contributed by atoms with E-state index >= 15 is 0 Å². The Bertz CT molecular complexity index is 1320. The SMILES string of the molecule is CCN(CC)C(=O)/C(=C\c1cccc(-c2cc(C(C)C)cc3cccnc23)c1)c1ccncc1. The number of nitrogens with zero attached hydrogens (tertiary/aromatic N) is 3. The molecule has 0 radical (unpaired) electrons. The molecule has 0 aliphatic heterocycles. The maximum absolute atomic E-state index is 13.4. The van der Waals surface area contributed by atoms with E-state index in [2.05, 4.69) is 54.1 Å². The van der Waals surface area contributed by atoms with Crippen molar-refractivity contribution >= 4 is 28.5 Å². The highest BCUT2D eigenvalue weighted by atomic mass is 16.2. The number of amides is 1. The van der Waals surface area contributed by atoms with E-state index < -0.39 is 0 Å². The fourth-order valence-corrected chi connectivity index (χ4v) is 4.21. The van der Waals surface area contributed by atoms with Gasteiger partial charge in [0.2, 0.25) is 0 Å². The van der Waals surface area contributed by atoms with E-state index in [9.17, 15) is 4.79 Å². The van der Waals surface area contributed by atoms with Gasteiger partial charge in [-0.25, -0.2) is 0 Å². The predicted molar refractivity (Wildman–Crippen MR) is 141 cm³/mol. The maximum Gasteiger partial charge on any atom is 0.254 e. The first kappa shape index (κ1) is 23.4. The monoisotopic (exact) mass is 449 g/mol. The number of pyridine rings is 2. The normalized spacial score (nSPS) is 11.7. The van der Waals surface area contributed by atoms with Gasteiger partial charge in [-0.1, -0.05) is 38.1 Å². The quantitative estimate of drug-likeness (QED) is 0.291. The third-order valence-electron chi connectivity index (χ3n) is 6.17. The summed E-state index contributed by atoms with van der Waals surface area (Å²) in [5.74, 6) is 0.437. The van der Waals surface area contributed by atoms with Gasteiger partial charge in [-0.3, -0.25) is 14.8 Å². The summed E-state index contributed by atoms with van der Waals surface area (Å²) >= 11 is 0. The van der Waals surface area contributed by atoms with Crippen LogP contribution in [0.25, 0.3) is 33.7 Å². The van der Waals surface area contributed by atoms with Gasteiger partial charge in [0.1, 0.15) is 0 Å². The van der Waals surface area contributed by atoms with Crippen molar-refractivity contribution in [2.24, 2.45) is 0 Å². The molecule has 34 heavy (non-hydrogen) atoms. The molecule has 0 unspecified atom stereocenters. The van der Waals surface area contributed by atoms with Gasteiger partial charge in [0, 0.05) is 48.2 Å². The van der Waals surface area contributed by atoms with Crippen molar-refractivity contribution in [3.63, 3.8) is 0 Å². The molecular formula is C30H31N3O. The molecule has 0 aliphatic rings. The largest absolute Gasteiger partial charge is 0.339 e. The lowest BCUT2D eigenvalue weighted by Crippen LogP contribution is -2.31. The van der Waals surface area contributed by atoms with Crippen LogP contribution in [0.3, 0.4) is 0 Å². The first-order chi connectivity index (χ1) is 16.5. The molecule has 0 atom stereocenters. The van der Waals surface area contributed by atoms with Crippen molar-refractivity contribution in [2.45, 2.75) is 33.6 Å². The maximum atomic E-state index is 13.4. The number of fused-ring (bicyclic) bond motifs is 1. The molecule has 0 fully saturated rings. The number of aromatic nitrogens is 2. The Kier molecular flexibility index (Phi) is 7.17. The Morgan fingerprint density at radius 2 is 1.71 bits per heavy atom. The van der Waals surface area contributed by atoms with Crippen molar-refractivity contribution in [2.75, 3.05) is 13.1 Å². The van der Waals surface area contributed by atoms with E-state index in [0.717, 1.165) is 33.2 Å². The van der Waals surface area contributed by atoms with Crippen LogP contribution in [-0.4, -0.2) is 33.9 Å². The summed E-state index contributed by atoms with van der Waals surface area (Å²) in [4.78, 5) is 24.0. The molecule has 0 spiro atoms. The van der Waals surface area contributed by atoms with E-state index in [1.807, 2.05) is 61.4 Å². The Morgan fingerprint density at radius 1 is 0.941 bits per heavy atom. The highest BCUT2D eigenvalue weighted by Crippen LogP contribution is 2.32. The Hall–Kier alpha value is -3.79. The predicted octanol–water partition coefficient (Wildman–Crippen LogP) is 6.83. The zero-order valence-electron chi connectivity index (χ0n) is 20.3. The van der Waals surface area contributed by atoms with Crippen LogP contribution < -0.4 is 0 Å². The van der Waals surface area contributed by atoms with Crippen LogP contribution in [0.5, 0.6) is 0 Å². The molecule has 2 heterocycles. The van der Waals surface area contributed by atoms with Gasteiger partial charge in [0.15, 0.2) is 0 Å². The number of carbonyl (C=O) groups is 1. The first-order valence-electron chi connectivity index (χ1n) is 11.9. The summed E-state index contributed by atoms with van der Waals surface area (Å²) in [7, 11) is 0. The molecule has 0 bridgehead atoms. The van der Waals surface area contributed by atoms with Gasteiger partial charge in [0.05, 0.1) is 5.52 Å². The minimum absolute atomic E-state index is 0.0236. The molecule has 0 aliphatic carbocycles. The average molecular weight is 450 g/mol. The third kappa shape index (κ3) is 4.91. The summed E-state index contributed by atoms with van der Waals surface area (Å²) in [5.41, 5.74) is 6.98. The van der Waals surface area contributed by atoms with Gasteiger partial charge in [-0.05, 0) is 84.5 Å². The molecule has 0 saturated heterocycles. The molecular weight excluding hydrogens is 418 g/mol. The van der Waals surface area contributed by atoms with Crippen LogP contribution in [0.2, 0.25) is 0 Å². The lowest BCUT2D eigenvalue weighted by Gasteiger charge is -2.21. The highest BCUT2D eigenvalue weighted by molar-refractivity contribution is 6.24. The number of hydrogen-bond donors (Lipinski definition) is 0. The van der Waals surface area contributed by atoms with E-state index in [1.165, 1.54) is 5.56 Å². The highest BCUT2D eigenvalue weighted by Gasteiger charge is 2.18. The van der Waals surface area contributed by atoms with Crippen molar-refractivity contribution in [1.82, 2.24) is 14.9 Å². The zero-order valence-corrected chi connectivity index (χ0v) is 20.3. The second-order valence-electron chi connectivity index (χ2n) is 8.70. The molecule has 172 valence electrons. The van der Waals surface area contributed by atoms with Gasteiger partial charge in [-0.15, -0.1) is 0 Å². The fourth-order valence-electron chi connectivity index (χ4n) is 4.21. The molecule has 4 nitrogen and oxygen atoms in total. The van der Waals surface area contributed by atoms with Crippen LogP contribution in [0.15, 0.2) is 79.3 Å². The lowest BCUT2D eigenvalue weighted by atomic mass is 9.93. The molecule has 2 aromatic carbocycles.